The van der Waals surface area contributed by atoms with Gasteiger partial charge in [-0.2, -0.15) is 0 Å². The minimum atomic E-state index is 0.0146. The lowest BCUT2D eigenvalue weighted by atomic mass is 10.2. The van der Waals surface area contributed by atoms with Gasteiger partial charge in [0, 0.05) is 25.4 Å². The van der Waals surface area contributed by atoms with Gasteiger partial charge in [0.25, 0.3) is 0 Å². The fourth-order valence-electron chi connectivity index (χ4n) is 1.41. The molecule has 0 bridgehead atoms. The fraction of sp³-hybridized carbons (Fsp3) is 0.267. The van der Waals surface area contributed by atoms with Gasteiger partial charge in [0.05, 0.1) is 0 Å². The third-order valence-electron chi connectivity index (χ3n) is 2.50. The van der Waals surface area contributed by atoms with Gasteiger partial charge in [-0.3, -0.25) is 4.79 Å². The molecule has 0 aromatic heterocycles. The zero-order chi connectivity index (χ0) is 12.5. The van der Waals surface area contributed by atoms with Gasteiger partial charge in [0.1, 0.15) is 0 Å². The third-order valence-corrected chi connectivity index (χ3v) is 2.50. The van der Waals surface area contributed by atoms with Gasteiger partial charge in [-0.25, -0.2) is 0 Å². The van der Waals surface area contributed by atoms with Crippen LogP contribution in [0.4, 0.5) is 0 Å². The lowest BCUT2D eigenvalue weighted by Gasteiger charge is -2.13. The zero-order valence-electron chi connectivity index (χ0n) is 10.5. The van der Waals surface area contributed by atoms with Crippen LogP contribution in [0.2, 0.25) is 0 Å². The minimum Gasteiger partial charge on any atom is -0.378 e. The number of carbonyl (C=O) groups is 1. The molecular weight excluding hydrogens is 210 g/mol. The second-order valence-corrected chi connectivity index (χ2v) is 3.68. The smallest absolute Gasteiger partial charge is 0.180 e. The SMILES string of the molecule is CCN(/C=C\C(=O)/C=C/c1ccccc1)CC. The normalized spacial score (nSPS) is 11.2. The second kappa shape index (κ2) is 7.44. The molecule has 90 valence electrons. The van der Waals surface area contributed by atoms with Crippen molar-refractivity contribution >= 4 is 11.9 Å². The number of allylic oxidation sites excluding steroid dienone is 2. The first-order valence-electron chi connectivity index (χ1n) is 5.95. The van der Waals surface area contributed by atoms with E-state index >= 15 is 0 Å². The van der Waals surface area contributed by atoms with E-state index in [1.54, 1.807) is 12.2 Å². The summed E-state index contributed by atoms with van der Waals surface area (Å²) >= 11 is 0. The van der Waals surface area contributed by atoms with Gasteiger partial charge in [0.15, 0.2) is 5.78 Å². The van der Waals surface area contributed by atoms with Gasteiger partial charge in [0.2, 0.25) is 0 Å². The van der Waals surface area contributed by atoms with Crippen molar-refractivity contribution in [3.63, 3.8) is 0 Å². The maximum absolute atomic E-state index is 11.6. The molecule has 17 heavy (non-hydrogen) atoms. The van der Waals surface area contributed by atoms with Gasteiger partial charge >= 0.3 is 0 Å². The number of carbonyl (C=O) groups excluding carboxylic acids is 1. The fourth-order valence-corrected chi connectivity index (χ4v) is 1.41. The Morgan fingerprint density at radius 3 is 2.35 bits per heavy atom. The average molecular weight is 229 g/mol. The summed E-state index contributed by atoms with van der Waals surface area (Å²) in [6.45, 7) is 5.97. The van der Waals surface area contributed by atoms with Crippen LogP contribution in [0.1, 0.15) is 19.4 Å². The van der Waals surface area contributed by atoms with E-state index in [4.69, 9.17) is 0 Å². The molecule has 0 saturated carbocycles. The Labute approximate surface area is 103 Å². The molecule has 0 fully saturated rings. The number of benzene rings is 1. The number of hydrogen-bond acceptors (Lipinski definition) is 2. The molecule has 0 radical (unpaired) electrons. The van der Waals surface area contributed by atoms with Crippen LogP contribution in [0.3, 0.4) is 0 Å². The van der Waals surface area contributed by atoms with E-state index in [9.17, 15) is 4.79 Å². The first-order valence-corrected chi connectivity index (χ1v) is 5.95. The highest BCUT2D eigenvalue weighted by atomic mass is 16.1. The van der Waals surface area contributed by atoms with Crippen molar-refractivity contribution in [2.45, 2.75) is 13.8 Å². The zero-order valence-corrected chi connectivity index (χ0v) is 10.5. The van der Waals surface area contributed by atoms with Crippen LogP contribution in [0, 0.1) is 0 Å². The molecule has 1 aromatic rings. The van der Waals surface area contributed by atoms with E-state index in [0.717, 1.165) is 18.7 Å². The van der Waals surface area contributed by atoms with E-state index in [1.165, 1.54) is 0 Å². The number of rotatable bonds is 6. The van der Waals surface area contributed by atoms with Crippen molar-refractivity contribution in [3.8, 4) is 0 Å². The van der Waals surface area contributed by atoms with Crippen LogP contribution in [0.15, 0.2) is 48.7 Å². The Morgan fingerprint density at radius 1 is 1.12 bits per heavy atom. The molecule has 1 rings (SSSR count). The van der Waals surface area contributed by atoms with Crippen molar-refractivity contribution < 1.29 is 4.79 Å². The highest BCUT2D eigenvalue weighted by Gasteiger charge is 1.93. The minimum absolute atomic E-state index is 0.0146. The van der Waals surface area contributed by atoms with Crippen LogP contribution in [0.5, 0.6) is 0 Å². The largest absolute Gasteiger partial charge is 0.378 e. The Balaban J connectivity index is 2.52. The van der Waals surface area contributed by atoms with Crippen LogP contribution in [-0.2, 0) is 4.79 Å². The number of hydrogen-bond donors (Lipinski definition) is 0. The third kappa shape index (κ3) is 5.16. The standard InChI is InChI=1S/C15H19NO/c1-3-16(4-2)13-12-15(17)11-10-14-8-6-5-7-9-14/h5-13H,3-4H2,1-2H3/b11-10+,13-12-. The molecule has 0 aliphatic carbocycles. The first kappa shape index (κ1) is 13.2. The lowest BCUT2D eigenvalue weighted by molar-refractivity contribution is -0.110. The summed E-state index contributed by atoms with van der Waals surface area (Å²) in [6.07, 6.45) is 6.87. The predicted molar refractivity (Wildman–Crippen MR) is 72.5 cm³/mol. The van der Waals surface area contributed by atoms with Gasteiger partial charge in [-0.05, 0) is 25.5 Å². The van der Waals surface area contributed by atoms with Gasteiger partial charge in [-0.15, -0.1) is 0 Å². The summed E-state index contributed by atoms with van der Waals surface area (Å²) in [7, 11) is 0. The molecule has 1 aromatic carbocycles. The van der Waals surface area contributed by atoms with Crippen LogP contribution < -0.4 is 0 Å². The highest BCUT2D eigenvalue weighted by Crippen LogP contribution is 2.01. The Kier molecular flexibility index (Phi) is 5.80. The summed E-state index contributed by atoms with van der Waals surface area (Å²) in [5.41, 5.74) is 1.04. The molecule has 0 atom stereocenters. The molecule has 0 spiro atoms. The van der Waals surface area contributed by atoms with Crippen LogP contribution >= 0.6 is 0 Å². The molecule has 2 nitrogen and oxygen atoms in total. The molecule has 0 amide bonds. The van der Waals surface area contributed by atoms with Crippen molar-refractivity contribution in [1.29, 1.82) is 0 Å². The summed E-state index contributed by atoms with van der Waals surface area (Å²) in [5.74, 6) is 0.0146. The summed E-state index contributed by atoms with van der Waals surface area (Å²) in [5, 5.41) is 0. The van der Waals surface area contributed by atoms with Crippen molar-refractivity contribution in [1.82, 2.24) is 4.90 Å². The second-order valence-electron chi connectivity index (χ2n) is 3.68. The number of nitrogens with zero attached hydrogens (tertiary/aromatic N) is 1. The van der Waals surface area contributed by atoms with Crippen molar-refractivity contribution in [3.05, 3.63) is 54.2 Å². The van der Waals surface area contributed by atoms with E-state index in [0.29, 0.717) is 0 Å². The highest BCUT2D eigenvalue weighted by molar-refractivity contribution is 6.01. The predicted octanol–water partition coefficient (Wildman–Crippen LogP) is 3.12. The molecule has 0 unspecified atom stereocenters. The molecule has 0 aliphatic rings. The molecule has 0 N–H and O–H groups in total. The molecule has 0 heterocycles. The molecule has 0 aliphatic heterocycles. The van der Waals surface area contributed by atoms with E-state index in [1.807, 2.05) is 42.6 Å². The van der Waals surface area contributed by atoms with Crippen LogP contribution in [0.25, 0.3) is 6.08 Å². The van der Waals surface area contributed by atoms with E-state index < -0.39 is 0 Å². The van der Waals surface area contributed by atoms with Crippen molar-refractivity contribution in [2.75, 3.05) is 13.1 Å². The maximum atomic E-state index is 11.6. The molecule has 0 saturated heterocycles. The molecule has 2 heteroatoms. The number of ketones is 1. The van der Waals surface area contributed by atoms with Gasteiger partial charge in [-0.1, -0.05) is 36.4 Å². The quantitative estimate of drug-likeness (QED) is 0.698. The lowest BCUT2D eigenvalue weighted by Crippen LogP contribution is -2.15. The Morgan fingerprint density at radius 2 is 1.76 bits per heavy atom. The van der Waals surface area contributed by atoms with E-state index in [2.05, 4.69) is 18.7 Å². The summed E-state index contributed by atoms with van der Waals surface area (Å²) in [4.78, 5) is 13.6. The first-order chi connectivity index (χ1) is 8.26. The average Bonchev–Trinajstić information content (AvgIpc) is 2.39. The summed E-state index contributed by atoms with van der Waals surface area (Å²) < 4.78 is 0. The topological polar surface area (TPSA) is 20.3 Å². The van der Waals surface area contributed by atoms with Crippen LogP contribution in [-0.4, -0.2) is 23.8 Å². The maximum Gasteiger partial charge on any atom is 0.180 e. The molecular formula is C15H19NO. The monoisotopic (exact) mass is 229 g/mol. The Bertz CT molecular complexity index is 389. The van der Waals surface area contributed by atoms with E-state index in [-0.39, 0.29) is 5.78 Å². The Hall–Kier alpha value is -1.83. The summed E-state index contributed by atoms with van der Waals surface area (Å²) in [6, 6.07) is 9.81. The van der Waals surface area contributed by atoms with Crippen molar-refractivity contribution in [2.24, 2.45) is 0 Å². The van der Waals surface area contributed by atoms with Gasteiger partial charge < -0.3 is 4.90 Å².